The fraction of sp³-hybridized carbons (Fsp3) is 0.312. The molecule has 0 aliphatic carbocycles. The van der Waals surface area contributed by atoms with Gasteiger partial charge < -0.3 is 20.7 Å². The smallest absolute Gasteiger partial charge is 0.295 e. The zero-order valence-corrected chi connectivity index (χ0v) is 15.5. The molecule has 1 aromatic carbocycles. The van der Waals surface area contributed by atoms with Crippen LogP contribution in [0.15, 0.2) is 29.2 Å². The molecule has 2 aromatic rings. The monoisotopic (exact) mass is 392 g/mol. The van der Waals surface area contributed by atoms with Crippen LogP contribution in [0, 0.1) is 0 Å². The third-order valence-corrected chi connectivity index (χ3v) is 4.74. The van der Waals surface area contributed by atoms with E-state index in [1.807, 2.05) is 4.90 Å². The van der Waals surface area contributed by atoms with Crippen LogP contribution in [0.1, 0.15) is 12.5 Å². The summed E-state index contributed by atoms with van der Waals surface area (Å²) in [4.78, 5) is 14.2. The SMILES string of the molecule is CC=Cc1ccc(Nc2nc(N)nc(N3CCOCC3)n2)cc1S(=O)(=O)O. The van der Waals surface area contributed by atoms with E-state index in [0.717, 1.165) is 0 Å². The lowest BCUT2D eigenvalue weighted by Crippen LogP contribution is -2.37. The van der Waals surface area contributed by atoms with Crippen molar-refractivity contribution in [2.45, 2.75) is 11.8 Å². The number of nitrogens with zero attached hydrogens (tertiary/aromatic N) is 4. The molecule has 144 valence electrons. The summed E-state index contributed by atoms with van der Waals surface area (Å²) in [6, 6.07) is 4.52. The van der Waals surface area contributed by atoms with E-state index in [4.69, 9.17) is 10.5 Å². The number of morpholine rings is 1. The lowest BCUT2D eigenvalue weighted by molar-refractivity contribution is 0.122. The highest BCUT2D eigenvalue weighted by Gasteiger charge is 2.18. The highest BCUT2D eigenvalue weighted by Crippen LogP contribution is 2.24. The maximum atomic E-state index is 11.7. The van der Waals surface area contributed by atoms with Crippen molar-refractivity contribution < 1.29 is 17.7 Å². The molecule has 0 saturated carbocycles. The number of hydrogen-bond donors (Lipinski definition) is 3. The van der Waals surface area contributed by atoms with Crippen molar-refractivity contribution >= 4 is 39.7 Å². The Kier molecular flexibility index (Phi) is 5.54. The van der Waals surface area contributed by atoms with Crippen molar-refractivity contribution in [1.82, 2.24) is 15.0 Å². The number of hydrogen-bond acceptors (Lipinski definition) is 9. The van der Waals surface area contributed by atoms with Gasteiger partial charge in [-0.15, -0.1) is 0 Å². The van der Waals surface area contributed by atoms with E-state index in [9.17, 15) is 13.0 Å². The summed E-state index contributed by atoms with van der Waals surface area (Å²) in [6.07, 6.45) is 3.27. The lowest BCUT2D eigenvalue weighted by atomic mass is 10.2. The summed E-state index contributed by atoms with van der Waals surface area (Å²) >= 11 is 0. The molecule has 0 unspecified atom stereocenters. The van der Waals surface area contributed by atoms with Gasteiger partial charge >= 0.3 is 0 Å². The van der Waals surface area contributed by atoms with Gasteiger partial charge in [0.15, 0.2) is 0 Å². The van der Waals surface area contributed by atoms with Crippen LogP contribution in [0.25, 0.3) is 6.08 Å². The molecule has 10 nitrogen and oxygen atoms in total. The number of nitrogen functional groups attached to an aromatic ring is 1. The number of allylic oxidation sites excluding steroid dienone is 1. The molecule has 2 heterocycles. The van der Waals surface area contributed by atoms with E-state index in [0.29, 0.717) is 43.5 Å². The highest BCUT2D eigenvalue weighted by molar-refractivity contribution is 7.86. The van der Waals surface area contributed by atoms with Crippen LogP contribution in [0.5, 0.6) is 0 Å². The summed E-state index contributed by atoms with van der Waals surface area (Å²) in [7, 11) is -4.40. The van der Waals surface area contributed by atoms with Gasteiger partial charge in [-0.25, -0.2) is 0 Å². The van der Waals surface area contributed by atoms with Crippen LogP contribution in [0.2, 0.25) is 0 Å². The van der Waals surface area contributed by atoms with Crippen molar-refractivity contribution in [3.8, 4) is 0 Å². The second-order valence-electron chi connectivity index (χ2n) is 5.77. The molecule has 0 radical (unpaired) electrons. The van der Waals surface area contributed by atoms with Crippen LogP contribution in [-0.2, 0) is 14.9 Å². The first kappa shape index (κ1) is 19.0. The van der Waals surface area contributed by atoms with Gasteiger partial charge in [-0.3, -0.25) is 4.55 Å². The molecule has 4 N–H and O–H groups in total. The first-order valence-corrected chi connectivity index (χ1v) is 9.66. The summed E-state index contributed by atoms with van der Waals surface area (Å²) in [6.45, 7) is 4.15. The highest BCUT2D eigenvalue weighted by atomic mass is 32.2. The Morgan fingerprint density at radius 2 is 2.00 bits per heavy atom. The standard InChI is InChI=1S/C16H20N6O4S/c1-2-3-11-4-5-12(10-13(11)27(23,24)25)18-15-19-14(17)20-16(21-15)22-6-8-26-9-7-22/h2-5,10H,6-9H2,1H3,(H,23,24,25)(H3,17,18,19,20,21). The largest absolute Gasteiger partial charge is 0.378 e. The Bertz CT molecular complexity index is 957. The number of anilines is 4. The predicted molar refractivity (Wildman–Crippen MR) is 102 cm³/mol. The first-order valence-electron chi connectivity index (χ1n) is 8.22. The van der Waals surface area contributed by atoms with Gasteiger partial charge in [0.2, 0.25) is 17.8 Å². The topological polar surface area (TPSA) is 144 Å². The Hall–Kier alpha value is -2.76. The predicted octanol–water partition coefficient (Wildman–Crippen LogP) is 1.31. The number of aromatic nitrogens is 3. The minimum atomic E-state index is -4.40. The quantitative estimate of drug-likeness (QED) is 0.637. The minimum Gasteiger partial charge on any atom is -0.378 e. The summed E-state index contributed by atoms with van der Waals surface area (Å²) in [5.41, 5.74) is 6.53. The molecule has 0 spiro atoms. The zero-order valence-electron chi connectivity index (χ0n) is 14.7. The summed E-state index contributed by atoms with van der Waals surface area (Å²) in [5.74, 6) is 0.618. The third kappa shape index (κ3) is 4.70. The van der Waals surface area contributed by atoms with Crippen LogP contribution in [0.4, 0.5) is 23.5 Å². The van der Waals surface area contributed by atoms with Gasteiger partial charge in [-0.05, 0) is 24.6 Å². The fourth-order valence-electron chi connectivity index (χ4n) is 2.62. The third-order valence-electron chi connectivity index (χ3n) is 3.83. The molecular weight excluding hydrogens is 372 g/mol. The van der Waals surface area contributed by atoms with Crippen molar-refractivity contribution in [1.29, 1.82) is 0 Å². The molecule has 0 amide bonds. The fourth-order valence-corrected chi connectivity index (χ4v) is 3.33. The van der Waals surface area contributed by atoms with E-state index >= 15 is 0 Å². The molecule has 1 aromatic heterocycles. The van der Waals surface area contributed by atoms with Gasteiger partial charge in [0, 0.05) is 18.8 Å². The van der Waals surface area contributed by atoms with Crippen molar-refractivity contribution in [3.63, 3.8) is 0 Å². The molecule has 0 bridgehead atoms. The molecule has 1 fully saturated rings. The summed E-state index contributed by atoms with van der Waals surface area (Å²) in [5, 5.41) is 2.91. The van der Waals surface area contributed by atoms with Gasteiger partial charge in [0.25, 0.3) is 10.1 Å². The second-order valence-corrected chi connectivity index (χ2v) is 7.16. The summed E-state index contributed by atoms with van der Waals surface area (Å²) < 4.78 is 38.1. The van der Waals surface area contributed by atoms with Crippen LogP contribution in [-0.4, -0.2) is 54.2 Å². The van der Waals surface area contributed by atoms with Crippen molar-refractivity contribution in [2.24, 2.45) is 0 Å². The Morgan fingerprint density at radius 3 is 2.67 bits per heavy atom. The van der Waals surface area contributed by atoms with E-state index in [1.54, 1.807) is 31.2 Å². The van der Waals surface area contributed by atoms with E-state index in [-0.39, 0.29) is 16.8 Å². The molecule has 1 saturated heterocycles. The van der Waals surface area contributed by atoms with Crippen LogP contribution < -0.4 is 16.0 Å². The lowest BCUT2D eigenvalue weighted by Gasteiger charge is -2.26. The minimum absolute atomic E-state index is 0.0366. The number of rotatable bonds is 5. The van der Waals surface area contributed by atoms with E-state index < -0.39 is 10.1 Å². The first-order chi connectivity index (χ1) is 12.9. The average molecular weight is 392 g/mol. The average Bonchev–Trinajstić information content (AvgIpc) is 2.62. The molecule has 3 rings (SSSR count). The number of nitrogens with two attached hydrogens (primary N) is 1. The van der Waals surface area contributed by atoms with Gasteiger partial charge in [-0.2, -0.15) is 23.4 Å². The van der Waals surface area contributed by atoms with Crippen molar-refractivity contribution in [2.75, 3.05) is 42.3 Å². The van der Waals surface area contributed by atoms with Crippen LogP contribution >= 0.6 is 0 Å². The van der Waals surface area contributed by atoms with Gasteiger partial charge in [0.1, 0.15) is 4.90 Å². The van der Waals surface area contributed by atoms with Crippen LogP contribution in [0.3, 0.4) is 0 Å². The molecule has 11 heteroatoms. The molecule has 0 atom stereocenters. The maximum Gasteiger partial charge on any atom is 0.295 e. The number of benzene rings is 1. The Morgan fingerprint density at radius 1 is 1.26 bits per heavy atom. The normalized spacial score (nSPS) is 15.3. The molecule has 27 heavy (non-hydrogen) atoms. The van der Waals surface area contributed by atoms with E-state index in [1.165, 1.54) is 6.07 Å². The molecule has 1 aliphatic heterocycles. The molecule has 1 aliphatic rings. The van der Waals surface area contributed by atoms with E-state index in [2.05, 4.69) is 20.3 Å². The molecular formula is C16H20N6O4S. The second kappa shape index (κ2) is 7.86. The van der Waals surface area contributed by atoms with Gasteiger partial charge in [0.05, 0.1) is 13.2 Å². The van der Waals surface area contributed by atoms with Gasteiger partial charge in [-0.1, -0.05) is 18.2 Å². The Labute approximate surface area is 156 Å². The zero-order chi connectivity index (χ0) is 19.4. The number of nitrogens with one attached hydrogen (secondary N) is 1. The number of ether oxygens (including phenoxy) is 1. The Balaban J connectivity index is 1.92. The van der Waals surface area contributed by atoms with Crippen molar-refractivity contribution in [3.05, 3.63) is 29.8 Å². The maximum absolute atomic E-state index is 11.7.